The van der Waals surface area contributed by atoms with Crippen LogP contribution in [-0.4, -0.2) is 47.6 Å². The number of rotatable bonds is 7. The van der Waals surface area contributed by atoms with Crippen molar-refractivity contribution in [1.82, 2.24) is 10.2 Å². The smallest absolute Gasteiger partial charge is 0.308 e. The number of nitrogens with one attached hydrogen (secondary N) is 1. The van der Waals surface area contributed by atoms with Gasteiger partial charge in [0.2, 0.25) is 5.91 Å². The van der Waals surface area contributed by atoms with E-state index in [1.807, 2.05) is 24.3 Å². The van der Waals surface area contributed by atoms with Crippen LogP contribution in [0.25, 0.3) is 6.08 Å². The number of aromatic hydroxyl groups is 1. The zero-order valence-electron chi connectivity index (χ0n) is 21.0. The number of phenols is 1. The third-order valence-corrected chi connectivity index (χ3v) is 8.14. The maximum absolute atomic E-state index is 12.8. The highest BCUT2D eigenvalue weighted by atomic mass is 16.5. The molecule has 2 aliphatic carbocycles. The van der Waals surface area contributed by atoms with E-state index in [-0.39, 0.29) is 29.1 Å². The van der Waals surface area contributed by atoms with E-state index in [1.165, 1.54) is 31.9 Å². The van der Waals surface area contributed by atoms with Crippen LogP contribution in [0.5, 0.6) is 11.5 Å². The van der Waals surface area contributed by atoms with E-state index in [0.29, 0.717) is 11.7 Å². The summed E-state index contributed by atoms with van der Waals surface area (Å²) in [7, 11) is 0. The molecule has 1 amide bonds. The summed E-state index contributed by atoms with van der Waals surface area (Å²) < 4.78 is 5.43. The van der Waals surface area contributed by atoms with Crippen molar-refractivity contribution in [3.63, 3.8) is 0 Å². The normalized spacial score (nSPS) is 26.4. The molecule has 0 spiro atoms. The molecule has 2 aromatic carbocycles. The Morgan fingerprint density at radius 3 is 2.75 bits per heavy atom. The van der Waals surface area contributed by atoms with Crippen LogP contribution in [0.3, 0.4) is 0 Å². The van der Waals surface area contributed by atoms with Crippen LogP contribution in [-0.2, 0) is 15.0 Å². The molecule has 3 atom stereocenters. The molecule has 5 rings (SSSR count). The number of nitrogens with zero attached hydrogens (tertiary/aromatic N) is 1. The Kier molecular flexibility index (Phi) is 7.15. The molecule has 6 nitrogen and oxygen atoms in total. The lowest BCUT2D eigenvalue weighted by Crippen LogP contribution is -2.56. The molecule has 1 saturated heterocycles. The first-order valence-electron chi connectivity index (χ1n) is 13.2. The van der Waals surface area contributed by atoms with Crippen LogP contribution in [0.4, 0.5) is 0 Å². The zero-order valence-corrected chi connectivity index (χ0v) is 21.0. The number of carbonyl (C=O) groups excluding carboxylic acids is 2. The Morgan fingerprint density at radius 1 is 1.14 bits per heavy atom. The molecule has 3 aliphatic rings. The van der Waals surface area contributed by atoms with E-state index >= 15 is 0 Å². The van der Waals surface area contributed by atoms with Gasteiger partial charge in [0.15, 0.2) is 0 Å². The lowest BCUT2D eigenvalue weighted by Gasteiger charge is -2.53. The van der Waals surface area contributed by atoms with E-state index in [0.717, 1.165) is 50.3 Å². The molecule has 1 aliphatic heterocycles. The van der Waals surface area contributed by atoms with Crippen molar-refractivity contribution in [2.24, 2.45) is 11.8 Å². The van der Waals surface area contributed by atoms with Gasteiger partial charge in [0, 0.05) is 37.5 Å². The molecule has 2 aromatic rings. The lowest BCUT2D eigenvalue weighted by atomic mass is 9.58. The van der Waals surface area contributed by atoms with Gasteiger partial charge in [-0.15, -0.1) is 0 Å². The Balaban J connectivity index is 1.33. The Labute approximate surface area is 213 Å². The number of esters is 1. The van der Waals surface area contributed by atoms with Gasteiger partial charge in [-0.05, 0) is 98.4 Å². The Morgan fingerprint density at radius 2 is 1.97 bits per heavy atom. The van der Waals surface area contributed by atoms with Gasteiger partial charge < -0.3 is 20.1 Å². The maximum atomic E-state index is 12.8. The summed E-state index contributed by atoms with van der Waals surface area (Å²) >= 11 is 0. The lowest BCUT2D eigenvalue weighted by molar-refractivity contribution is -0.131. The number of phenolic OH excluding ortho intramolecular Hbond substituents is 1. The minimum Gasteiger partial charge on any atom is -0.508 e. The Bertz CT molecular complexity index is 1140. The summed E-state index contributed by atoms with van der Waals surface area (Å²) in [6.07, 6.45) is 9.94. The number of amides is 1. The van der Waals surface area contributed by atoms with Crippen LogP contribution in [0.15, 0.2) is 54.6 Å². The third-order valence-electron chi connectivity index (χ3n) is 8.14. The summed E-state index contributed by atoms with van der Waals surface area (Å²) in [6.45, 7) is 4.79. The third kappa shape index (κ3) is 5.81. The maximum Gasteiger partial charge on any atom is 0.308 e. The molecule has 3 unspecified atom stereocenters. The number of hydrogen-bond acceptors (Lipinski definition) is 5. The second-order valence-corrected chi connectivity index (χ2v) is 10.8. The van der Waals surface area contributed by atoms with Crippen LogP contribution in [0.2, 0.25) is 0 Å². The number of benzene rings is 2. The molecular weight excluding hydrogens is 452 g/mol. The van der Waals surface area contributed by atoms with E-state index in [1.54, 1.807) is 30.4 Å². The number of carbonyl (C=O) groups is 2. The quantitative estimate of drug-likeness (QED) is 0.336. The van der Waals surface area contributed by atoms with Crippen molar-refractivity contribution >= 4 is 18.0 Å². The molecule has 190 valence electrons. The van der Waals surface area contributed by atoms with Crippen molar-refractivity contribution in [2.45, 2.75) is 56.9 Å². The summed E-state index contributed by atoms with van der Waals surface area (Å²) in [4.78, 5) is 27.0. The summed E-state index contributed by atoms with van der Waals surface area (Å²) in [5, 5.41) is 12.9. The molecular formula is C30H36N2O4. The molecule has 3 fully saturated rings. The van der Waals surface area contributed by atoms with Gasteiger partial charge in [-0.2, -0.15) is 0 Å². The van der Waals surface area contributed by atoms with Crippen molar-refractivity contribution in [1.29, 1.82) is 0 Å². The first-order valence-corrected chi connectivity index (χ1v) is 13.2. The monoisotopic (exact) mass is 488 g/mol. The van der Waals surface area contributed by atoms with Gasteiger partial charge in [-0.3, -0.25) is 9.59 Å². The van der Waals surface area contributed by atoms with Gasteiger partial charge in [-0.25, -0.2) is 0 Å². The number of ether oxygens (including phenoxy) is 1. The van der Waals surface area contributed by atoms with Crippen molar-refractivity contribution in [3.8, 4) is 11.5 Å². The highest BCUT2D eigenvalue weighted by Crippen LogP contribution is 2.50. The average molecular weight is 489 g/mol. The van der Waals surface area contributed by atoms with Crippen LogP contribution >= 0.6 is 0 Å². The molecule has 0 radical (unpaired) electrons. The van der Waals surface area contributed by atoms with Gasteiger partial charge in [0.1, 0.15) is 11.5 Å². The predicted octanol–water partition coefficient (Wildman–Crippen LogP) is 4.67. The SMILES string of the molecule is CC(=O)Oc1cccc(C23CCN(CC4CC4)CC2CCC(NC(=O)C=Cc2cccc(O)c2)C3)c1. The predicted molar refractivity (Wildman–Crippen MR) is 140 cm³/mol. The molecule has 0 aromatic heterocycles. The first kappa shape index (κ1) is 24.6. The highest BCUT2D eigenvalue weighted by Gasteiger charge is 2.48. The van der Waals surface area contributed by atoms with Gasteiger partial charge in [-0.1, -0.05) is 24.3 Å². The number of piperidine rings is 1. The van der Waals surface area contributed by atoms with Crippen molar-refractivity contribution in [3.05, 3.63) is 65.7 Å². The second-order valence-electron chi connectivity index (χ2n) is 10.8. The molecule has 6 heteroatoms. The minimum atomic E-state index is -0.312. The van der Waals surface area contributed by atoms with E-state index in [9.17, 15) is 14.7 Å². The highest BCUT2D eigenvalue weighted by molar-refractivity contribution is 5.92. The zero-order chi connectivity index (χ0) is 25.1. The van der Waals surface area contributed by atoms with Crippen molar-refractivity contribution < 1.29 is 19.4 Å². The average Bonchev–Trinajstić information content (AvgIpc) is 3.67. The fourth-order valence-electron chi connectivity index (χ4n) is 6.26. The first-order chi connectivity index (χ1) is 17.4. The molecule has 36 heavy (non-hydrogen) atoms. The van der Waals surface area contributed by atoms with Crippen molar-refractivity contribution in [2.75, 3.05) is 19.6 Å². The molecule has 0 bridgehead atoms. The molecule has 2 saturated carbocycles. The molecule has 1 heterocycles. The molecule has 2 N–H and O–H groups in total. The fourth-order valence-corrected chi connectivity index (χ4v) is 6.26. The van der Waals surface area contributed by atoms with E-state index in [4.69, 9.17) is 4.74 Å². The summed E-state index contributed by atoms with van der Waals surface area (Å²) in [5.41, 5.74) is 1.95. The number of fused-ring (bicyclic) bond motifs is 1. The van der Waals surface area contributed by atoms with E-state index < -0.39 is 0 Å². The standard InChI is InChI=1S/C30H36N2O4/c1-21(33)36-28-7-3-5-24(17-28)30-14-15-32(19-23-8-9-23)20-25(30)11-12-26(18-30)31-29(35)13-10-22-4-2-6-27(34)16-22/h2-7,10,13,16-17,23,25-26,34H,8-9,11-12,14-15,18-20H2,1H3,(H,31,35). The number of likely N-dealkylation sites (tertiary alicyclic amines) is 1. The van der Waals surface area contributed by atoms with Gasteiger partial charge in [0.05, 0.1) is 0 Å². The second kappa shape index (κ2) is 10.5. The van der Waals surface area contributed by atoms with Crippen LogP contribution in [0.1, 0.15) is 56.6 Å². The largest absolute Gasteiger partial charge is 0.508 e. The Hall–Kier alpha value is -3.12. The summed E-state index contributed by atoms with van der Waals surface area (Å²) in [6, 6.07) is 15.0. The van der Waals surface area contributed by atoms with Crippen LogP contribution in [0, 0.1) is 11.8 Å². The fraction of sp³-hybridized carbons (Fsp3) is 0.467. The van der Waals surface area contributed by atoms with Crippen LogP contribution < -0.4 is 10.1 Å². The van der Waals surface area contributed by atoms with Gasteiger partial charge >= 0.3 is 5.97 Å². The summed E-state index contributed by atoms with van der Waals surface area (Å²) in [5.74, 6) is 1.73. The van der Waals surface area contributed by atoms with E-state index in [2.05, 4.69) is 16.3 Å². The van der Waals surface area contributed by atoms with Gasteiger partial charge in [0.25, 0.3) is 0 Å². The topological polar surface area (TPSA) is 78.9 Å². The minimum absolute atomic E-state index is 0.0542. The number of hydrogen-bond donors (Lipinski definition) is 2.